The summed E-state index contributed by atoms with van der Waals surface area (Å²) >= 11 is 7.10. The van der Waals surface area contributed by atoms with E-state index in [0.29, 0.717) is 10.5 Å². The molecule has 1 aromatic carbocycles. The van der Waals surface area contributed by atoms with Crippen LogP contribution in [0.25, 0.3) is 10.2 Å². The highest BCUT2D eigenvalue weighted by Crippen LogP contribution is 2.25. The van der Waals surface area contributed by atoms with Crippen LogP contribution in [-0.2, 0) is 6.54 Å². The average Bonchev–Trinajstić information content (AvgIpc) is 2.43. The predicted molar refractivity (Wildman–Crippen MR) is 62.9 cm³/mol. The van der Waals surface area contributed by atoms with E-state index in [9.17, 15) is 4.79 Å². The molecule has 15 heavy (non-hydrogen) atoms. The van der Waals surface area contributed by atoms with Crippen LogP contribution in [0.1, 0.15) is 0 Å². The van der Waals surface area contributed by atoms with Gasteiger partial charge in [-0.2, -0.15) is 0 Å². The SMILES string of the molecule is C=C(O)Cn1c(=O)sc2cccc(Cl)c21. The number of aliphatic hydroxyl groups excluding tert-OH is 1. The lowest BCUT2D eigenvalue weighted by molar-refractivity contribution is 0.380. The molecule has 0 saturated heterocycles. The van der Waals surface area contributed by atoms with Crippen molar-refractivity contribution in [3.05, 3.63) is 45.2 Å². The number of halogens is 1. The van der Waals surface area contributed by atoms with E-state index in [2.05, 4.69) is 6.58 Å². The first-order valence-corrected chi connectivity index (χ1v) is 5.43. The molecule has 2 rings (SSSR count). The van der Waals surface area contributed by atoms with Crippen molar-refractivity contribution < 1.29 is 5.11 Å². The molecule has 0 amide bonds. The first-order chi connectivity index (χ1) is 7.09. The van der Waals surface area contributed by atoms with E-state index in [4.69, 9.17) is 16.7 Å². The van der Waals surface area contributed by atoms with Gasteiger partial charge in [0.1, 0.15) is 5.76 Å². The third-order valence-corrected chi connectivity index (χ3v) is 3.23. The summed E-state index contributed by atoms with van der Waals surface area (Å²) in [6.45, 7) is 3.45. The highest BCUT2D eigenvalue weighted by Gasteiger charge is 2.10. The third kappa shape index (κ3) is 1.78. The number of fused-ring (bicyclic) bond motifs is 1. The molecule has 3 nitrogen and oxygen atoms in total. The van der Waals surface area contributed by atoms with Crippen LogP contribution in [0.2, 0.25) is 5.02 Å². The van der Waals surface area contributed by atoms with Crippen molar-refractivity contribution in [2.75, 3.05) is 0 Å². The predicted octanol–water partition coefficient (Wildman–Crippen LogP) is 2.79. The number of hydrogen-bond donors (Lipinski definition) is 1. The second-order valence-corrected chi connectivity index (χ2v) is 4.51. The number of rotatable bonds is 2. The van der Waals surface area contributed by atoms with Crippen LogP contribution < -0.4 is 4.87 Å². The molecule has 2 aromatic rings. The quantitative estimate of drug-likeness (QED) is 0.822. The van der Waals surface area contributed by atoms with Gasteiger partial charge in [0.25, 0.3) is 0 Å². The standard InChI is InChI=1S/C10H8ClNO2S/c1-6(13)5-12-9-7(11)3-2-4-8(9)15-10(12)14/h2-4,13H,1,5H2. The number of hydrogen-bond acceptors (Lipinski definition) is 3. The molecule has 0 unspecified atom stereocenters. The summed E-state index contributed by atoms with van der Waals surface area (Å²) in [5.74, 6) is -0.0586. The van der Waals surface area contributed by atoms with Gasteiger partial charge in [-0.1, -0.05) is 35.6 Å². The van der Waals surface area contributed by atoms with Crippen LogP contribution in [0.3, 0.4) is 0 Å². The van der Waals surface area contributed by atoms with E-state index >= 15 is 0 Å². The Morgan fingerprint density at radius 3 is 3.00 bits per heavy atom. The summed E-state index contributed by atoms with van der Waals surface area (Å²) in [5.41, 5.74) is 0.657. The lowest BCUT2D eigenvalue weighted by Gasteiger charge is -2.02. The zero-order valence-electron chi connectivity index (χ0n) is 7.74. The number of thiazole rings is 1. The fourth-order valence-corrected chi connectivity index (χ4v) is 2.66. The fourth-order valence-electron chi connectivity index (χ4n) is 1.41. The molecular weight excluding hydrogens is 234 g/mol. The molecule has 0 aliphatic heterocycles. The van der Waals surface area contributed by atoms with Crippen LogP contribution >= 0.6 is 22.9 Å². The molecule has 0 aliphatic carbocycles. The van der Waals surface area contributed by atoms with Gasteiger partial charge in [0.15, 0.2) is 0 Å². The van der Waals surface area contributed by atoms with Crippen molar-refractivity contribution in [1.29, 1.82) is 0 Å². The maximum Gasteiger partial charge on any atom is 0.308 e. The van der Waals surface area contributed by atoms with Crippen LogP contribution in [0.4, 0.5) is 0 Å². The molecule has 1 heterocycles. The molecule has 0 radical (unpaired) electrons. The second kappa shape index (κ2) is 3.72. The Morgan fingerprint density at radius 1 is 1.60 bits per heavy atom. The van der Waals surface area contributed by atoms with Crippen LogP contribution in [-0.4, -0.2) is 9.67 Å². The lowest BCUT2D eigenvalue weighted by Crippen LogP contribution is -2.13. The van der Waals surface area contributed by atoms with Crippen molar-refractivity contribution in [1.82, 2.24) is 4.57 Å². The Hall–Kier alpha value is -1.26. The number of para-hydroxylation sites is 1. The normalized spacial score (nSPS) is 10.7. The number of allylic oxidation sites excluding steroid dienone is 1. The van der Waals surface area contributed by atoms with Gasteiger partial charge in [-0.25, -0.2) is 0 Å². The van der Waals surface area contributed by atoms with Gasteiger partial charge in [-0.15, -0.1) is 0 Å². The summed E-state index contributed by atoms with van der Waals surface area (Å²) in [6, 6.07) is 5.33. The smallest absolute Gasteiger partial charge is 0.308 e. The lowest BCUT2D eigenvalue weighted by atomic mass is 10.3. The highest BCUT2D eigenvalue weighted by atomic mass is 35.5. The molecule has 1 N–H and O–H groups in total. The third-order valence-electron chi connectivity index (χ3n) is 1.98. The van der Waals surface area contributed by atoms with Gasteiger partial charge in [0.2, 0.25) is 0 Å². The van der Waals surface area contributed by atoms with E-state index in [1.54, 1.807) is 12.1 Å². The summed E-state index contributed by atoms with van der Waals surface area (Å²) < 4.78 is 2.23. The van der Waals surface area contributed by atoms with Gasteiger partial charge >= 0.3 is 4.87 Å². The van der Waals surface area contributed by atoms with Gasteiger partial charge in [0.05, 0.1) is 21.8 Å². The maximum absolute atomic E-state index is 11.6. The van der Waals surface area contributed by atoms with Crippen LogP contribution in [0, 0.1) is 0 Å². The molecule has 0 aliphatic rings. The van der Waals surface area contributed by atoms with Crippen LogP contribution in [0.5, 0.6) is 0 Å². The Bertz CT molecular complexity index is 585. The topological polar surface area (TPSA) is 42.2 Å². The van der Waals surface area contributed by atoms with E-state index < -0.39 is 0 Å². The number of aromatic nitrogens is 1. The molecular formula is C10H8ClNO2S. The number of nitrogens with zero attached hydrogens (tertiary/aromatic N) is 1. The van der Waals surface area contributed by atoms with Gasteiger partial charge < -0.3 is 5.11 Å². The first-order valence-electron chi connectivity index (χ1n) is 4.24. The minimum absolute atomic E-state index is 0.0586. The molecule has 5 heteroatoms. The van der Waals surface area contributed by atoms with E-state index in [1.165, 1.54) is 4.57 Å². The zero-order valence-corrected chi connectivity index (χ0v) is 9.31. The first kappa shape index (κ1) is 10.3. The molecule has 0 bridgehead atoms. The monoisotopic (exact) mass is 241 g/mol. The summed E-state index contributed by atoms with van der Waals surface area (Å²) in [5, 5.41) is 9.61. The number of benzene rings is 1. The van der Waals surface area contributed by atoms with E-state index in [0.717, 1.165) is 16.0 Å². The Morgan fingerprint density at radius 2 is 2.33 bits per heavy atom. The minimum Gasteiger partial charge on any atom is -0.511 e. The largest absolute Gasteiger partial charge is 0.511 e. The number of aliphatic hydroxyl groups is 1. The zero-order chi connectivity index (χ0) is 11.0. The summed E-state index contributed by atoms with van der Waals surface area (Å²) in [6.07, 6.45) is 0. The fraction of sp³-hybridized carbons (Fsp3) is 0.100. The molecule has 0 atom stereocenters. The van der Waals surface area contributed by atoms with Crippen molar-refractivity contribution in [2.24, 2.45) is 0 Å². The maximum atomic E-state index is 11.6. The van der Waals surface area contributed by atoms with Crippen LogP contribution in [0.15, 0.2) is 35.3 Å². The van der Waals surface area contributed by atoms with Crippen molar-refractivity contribution in [3.63, 3.8) is 0 Å². The van der Waals surface area contributed by atoms with Crippen molar-refractivity contribution >= 4 is 33.2 Å². The molecule has 0 fully saturated rings. The molecule has 1 aromatic heterocycles. The van der Waals surface area contributed by atoms with Gasteiger partial charge in [-0.3, -0.25) is 9.36 Å². The molecule has 0 saturated carbocycles. The average molecular weight is 242 g/mol. The molecule has 78 valence electrons. The van der Waals surface area contributed by atoms with Crippen molar-refractivity contribution in [2.45, 2.75) is 6.54 Å². The van der Waals surface area contributed by atoms with E-state index in [-0.39, 0.29) is 17.2 Å². The minimum atomic E-state index is -0.145. The Balaban J connectivity index is 2.76. The summed E-state index contributed by atoms with van der Waals surface area (Å²) in [7, 11) is 0. The van der Waals surface area contributed by atoms with E-state index in [1.807, 2.05) is 6.07 Å². The molecule has 0 spiro atoms. The van der Waals surface area contributed by atoms with Crippen molar-refractivity contribution in [3.8, 4) is 0 Å². The highest BCUT2D eigenvalue weighted by molar-refractivity contribution is 7.16. The summed E-state index contributed by atoms with van der Waals surface area (Å²) in [4.78, 5) is 11.5. The van der Waals surface area contributed by atoms with Gasteiger partial charge in [0, 0.05) is 0 Å². The Labute approximate surface area is 94.8 Å². The van der Waals surface area contributed by atoms with Gasteiger partial charge in [-0.05, 0) is 12.1 Å². The second-order valence-electron chi connectivity index (χ2n) is 3.11. The Kier molecular flexibility index (Phi) is 2.54.